The van der Waals surface area contributed by atoms with E-state index in [9.17, 15) is 4.79 Å². The number of nitrogens with zero attached hydrogens (tertiary/aromatic N) is 6. The summed E-state index contributed by atoms with van der Waals surface area (Å²) in [5.74, 6) is 1.97. The Labute approximate surface area is 174 Å². The Balaban J connectivity index is 1.59. The summed E-state index contributed by atoms with van der Waals surface area (Å²) in [6.07, 6.45) is 6.58. The number of hydrogen-bond donors (Lipinski definition) is 0. The first-order valence-corrected chi connectivity index (χ1v) is 10.6. The quantitative estimate of drug-likeness (QED) is 0.718. The standard InChI is InChI=1S/C22H34N6O/c1-6-20-16-27(13-14-28(20)17(2)3)22(29)19-7-8-21(24-15-19)25(5)11-12-26-10-9-23-18(26)4/h7-10,15,17,20H,6,11-14,16H2,1-5H3. The van der Waals surface area contributed by atoms with Crippen molar-refractivity contribution in [2.24, 2.45) is 0 Å². The third kappa shape index (κ3) is 4.96. The lowest BCUT2D eigenvalue weighted by atomic mass is 10.1. The van der Waals surface area contributed by atoms with Crippen LogP contribution in [-0.4, -0.2) is 75.6 Å². The van der Waals surface area contributed by atoms with E-state index in [0.717, 1.165) is 50.8 Å². The van der Waals surface area contributed by atoms with E-state index in [1.54, 1.807) is 6.20 Å². The summed E-state index contributed by atoms with van der Waals surface area (Å²) < 4.78 is 2.12. The van der Waals surface area contributed by atoms with Gasteiger partial charge in [-0.05, 0) is 39.3 Å². The molecule has 2 aromatic rings. The highest BCUT2D eigenvalue weighted by Crippen LogP contribution is 2.18. The fourth-order valence-electron chi connectivity index (χ4n) is 4.03. The maximum absolute atomic E-state index is 13.0. The fourth-order valence-corrected chi connectivity index (χ4v) is 4.03. The number of pyridine rings is 1. The van der Waals surface area contributed by atoms with Gasteiger partial charge in [-0.1, -0.05) is 6.92 Å². The summed E-state index contributed by atoms with van der Waals surface area (Å²) in [5.41, 5.74) is 0.667. The first-order chi connectivity index (χ1) is 13.9. The first kappa shape index (κ1) is 21.3. The highest BCUT2D eigenvalue weighted by atomic mass is 16.2. The van der Waals surface area contributed by atoms with Crippen molar-refractivity contribution in [3.8, 4) is 0 Å². The van der Waals surface area contributed by atoms with Gasteiger partial charge in [-0.3, -0.25) is 9.69 Å². The second kappa shape index (κ2) is 9.39. The van der Waals surface area contributed by atoms with Crippen LogP contribution in [0.5, 0.6) is 0 Å². The minimum Gasteiger partial charge on any atom is -0.358 e. The predicted molar refractivity (Wildman–Crippen MR) is 116 cm³/mol. The van der Waals surface area contributed by atoms with E-state index in [4.69, 9.17) is 0 Å². The molecule has 3 heterocycles. The zero-order valence-electron chi connectivity index (χ0n) is 18.4. The summed E-state index contributed by atoms with van der Waals surface area (Å²) in [6.45, 7) is 12.8. The summed E-state index contributed by atoms with van der Waals surface area (Å²) in [6, 6.07) is 4.78. The van der Waals surface area contributed by atoms with Crippen LogP contribution in [-0.2, 0) is 6.54 Å². The van der Waals surface area contributed by atoms with Crippen molar-refractivity contribution in [3.05, 3.63) is 42.1 Å². The molecule has 1 fully saturated rings. The predicted octanol–water partition coefficient (Wildman–Crippen LogP) is 2.67. The van der Waals surface area contributed by atoms with Crippen molar-refractivity contribution in [2.45, 2.75) is 52.7 Å². The first-order valence-electron chi connectivity index (χ1n) is 10.6. The third-order valence-corrected chi connectivity index (χ3v) is 5.94. The highest BCUT2D eigenvalue weighted by molar-refractivity contribution is 5.94. The van der Waals surface area contributed by atoms with Gasteiger partial charge in [0.05, 0.1) is 5.56 Å². The van der Waals surface area contributed by atoms with Gasteiger partial charge in [-0.2, -0.15) is 0 Å². The van der Waals surface area contributed by atoms with Crippen LogP contribution in [0.25, 0.3) is 0 Å². The largest absolute Gasteiger partial charge is 0.358 e. The van der Waals surface area contributed by atoms with E-state index in [0.29, 0.717) is 17.6 Å². The Morgan fingerprint density at radius 3 is 2.66 bits per heavy atom. The topological polar surface area (TPSA) is 57.5 Å². The van der Waals surface area contributed by atoms with Gasteiger partial charge in [-0.25, -0.2) is 9.97 Å². The fraction of sp³-hybridized carbons (Fsp3) is 0.591. The molecular weight excluding hydrogens is 364 g/mol. The molecule has 29 heavy (non-hydrogen) atoms. The minimum absolute atomic E-state index is 0.0857. The molecule has 0 saturated carbocycles. The van der Waals surface area contributed by atoms with Crippen LogP contribution in [0.2, 0.25) is 0 Å². The minimum atomic E-state index is 0.0857. The lowest BCUT2D eigenvalue weighted by molar-refractivity contribution is 0.0371. The molecule has 1 saturated heterocycles. The van der Waals surface area contributed by atoms with Gasteiger partial charge in [0.1, 0.15) is 11.6 Å². The molecule has 0 spiro atoms. The Bertz CT molecular complexity index is 800. The monoisotopic (exact) mass is 398 g/mol. The Hall–Kier alpha value is -2.41. The number of piperazine rings is 1. The molecule has 2 aromatic heterocycles. The smallest absolute Gasteiger partial charge is 0.255 e. The summed E-state index contributed by atoms with van der Waals surface area (Å²) >= 11 is 0. The van der Waals surface area contributed by atoms with Crippen LogP contribution < -0.4 is 4.90 Å². The number of amides is 1. The number of carbonyl (C=O) groups is 1. The van der Waals surface area contributed by atoms with Crippen LogP contribution >= 0.6 is 0 Å². The molecule has 1 aliphatic rings. The maximum atomic E-state index is 13.0. The number of imidazole rings is 1. The van der Waals surface area contributed by atoms with Crippen molar-refractivity contribution in [1.29, 1.82) is 0 Å². The second-order valence-electron chi connectivity index (χ2n) is 8.14. The van der Waals surface area contributed by atoms with E-state index in [2.05, 4.69) is 45.1 Å². The molecule has 3 rings (SSSR count). The van der Waals surface area contributed by atoms with E-state index >= 15 is 0 Å². The molecule has 1 unspecified atom stereocenters. The average Bonchev–Trinajstić information content (AvgIpc) is 3.15. The zero-order chi connectivity index (χ0) is 21.0. The van der Waals surface area contributed by atoms with Crippen molar-refractivity contribution < 1.29 is 4.79 Å². The van der Waals surface area contributed by atoms with Crippen LogP contribution in [0.3, 0.4) is 0 Å². The van der Waals surface area contributed by atoms with Gasteiger partial charge < -0.3 is 14.4 Å². The van der Waals surface area contributed by atoms with Crippen molar-refractivity contribution in [3.63, 3.8) is 0 Å². The number of rotatable bonds is 7. The van der Waals surface area contributed by atoms with Gasteiger partial charge in [0.15, 0.2) is 0 Å². The van der Waals surface area contributed by atoms with E-state index in [1.165, 1.54) is 0 Å². The summed E-state index contributed by atoms with van der Waals surface area (Å²) in [5, 5.41) is 0. The molecule has 0 N–H and O–H groups in total. The molecule has 7 heteroatoms. The summed E-state index contributed by atoms with van der Waals surface area (Å²) in [4.78, 5) is 28.4. The Kier molecular flexibility index (Phi) is 6.90. The second-order valence-corrected chi connectivity index (χ2v) is 8.14. The molecule has 1 amide bonds. The van der Waals surface area contributed by atoms with E-state index < -0.39 is 0 Å². The van der Waals surface area contributed by atoms with Crippen LogP contribution in [0.15, 0.2) is 30.7 Å². The van der Waals surface area contributed by atoms with Crippen LogP contribution in [0, 0.1) is 6.92 Å². The third-order valence-electron chi connectivity index (χ3n) is 5.94. The van der Waals surface area contributed by atoms with E-state index in [1.807, 2.05) is 43.4 Å². The van der Waals surface area contributed by atoms with Gasteiger partial charge >= 0.3 is 0 Å². The Morgan fingerprint density at radius 1 is 1.28 bits per heavy atom. The number of hydrogen-bond acceptors (Lipinski definition) is 5. The number of carbonyl (C=O) groups excluding carboxylic acids is 1. The SMILES string of the molecule is CCC1CN(C(=O)c2ccc(N(C)CCn3ccnc3C)nc2)CCN1C(C)C. The Morgan fingerprint density at radius 2 is 2.07 bits per heavy atom. The lowest BCUT2D eigenvalue weighted by Gasteiger charge is -2.43. The number of aromatic nitrogens is 3. The number of likely N-dealkylation sites (N-methyl/N-ethyl adjacent to an activating group) is 1. The van der Waals surface area contributed by atoms with Gasteiger partial charge in [0.25, 0.3) is 5.91 Å². The maximum Gasteiger partial charge on any atom is 0.255 e. The number of aryl methyl sites for hydroxylation is 1. The molecule has 158 valence electrons. The molecule has 0 bridgehead atoms. The molecule has 0 aromatic carbocycles. The van der Waals surface area contributed by atoms with Crippen molar-refractivity contribution in [2.75, 3.05) is 38.1 Å². The van der Waals surface area contributed by atoms with Crippen molar-refractivity contribution >= 4 is 11.7 Å². The van der Waals surface area contributed by atoms with Crippen LogP contribution in [0.1, 0.15) is 43.4 Å². The normalized spacial score (nSPS) is 17.7. The van der Waals surface area contributed by atoms with Gasteiger partial charge in [-0.15, -0.1) is 0 Å². The lowest BCUT2D eigenvalue weighted by Crippen LogP contribution is -2.56. The molecule has 7 nitrogen and oxygen atoms in total. The van der Waals surface area contributed by atoms with Crippen molar-refractivity contribution in [1.82, 2.24) is 24.3 Å². The van der Waals surface area contributed by atoms with Crippen LogP contribution in [0.4, 0.5) is 5.82 Å². The molecule has 0 aliphatic carbocycles. The molecular formula is C22H34N6O. The van der Waals surface area contributed by atoms with Gasteiger partial charge in [0, 0.05) is 70.4 Å². The highest BCUT2D eigenvalue weighted by Gasteiger charge is 2.30. The molecule has 0 radical (unpaired) electrons. The molecule has 1 atom stereocenters. The van der Waals surface area contributed by atoms with E-state index in [-0.39, 0.29) is 5.91 Å². The average molecular weight is 399 g/mol. The number of anilines is 1. The molecule has 1 aliphatic heterocycles. The zero-order valence-corrected chi connectivity index (χ0v) is 18.4. The summed E-state index contributed by atoms with van der Waals surface area (Å²) in [7, 11) is 2.02. The van der Waals surface area contributed by atoms with Gasteiger partial charge in [0.2, 0.25) is 0 Å².